The minimum Gasteiger partial charge on any atom is -0.508 e. The lowest BCUT2D eigenvalue weighted by Crippen LogP contribution is -2.36. The molecule has 0 fully saturated rings. The number of phenols is 1. The van der Waals surface area contributed by atoms with E-state index in [0.717, 1.165) is 0 Å². The average Bonchev–Trinajstić information content (AvgIpc) is 2.28. The van der Waals surface area contributed by atoms with Gasteiger partial charge in [0.05, 0.1) is 5.92 Å². The van der Waals surface area contributed by atoms with Crippen molar-refractivity contribution in [2.24, 2.45) is 5.92 Å². The van der Waals surface area contributed by atoms with Crippen LogP contribution in [0.1, 0.15) is 5.56 Å². The van der Waals surface area contributed by atoms with Crippen molar-refractivity contribution in [2.45, 2.75) is 12.1 Å². The van der Waals surface area contributed by atoms with Crippen LogP contribution in [0.2, 0.25) is 0 Å². The molecular weight excluding hydrogens is 291 g/mol. The van der Waals surface area contributed by atoms with E-state index in [4.69, 9.17) is 25.1 Å². The Morgan fingerprint density at radius 2 is 1.55 bits per heavy atom. The molecule has 20 heavy (non-hydrogen) atoms. The molecule has 8 nitrogen and oxygen atoms in total. The fourth-order valence-electron chi connectivity index (χ4n) is 1.77. The van der Waals surface area contributed by atoms with Gasteiger partial charge in [-0.15, -0.1) is 0 Å². The minimum absolute atomic E-state index is 0.0644. The van der Waals surface area contributed by atoms with Gasteiger partial charge in [0, 0.05) is 0 Å². The molecule has 110 valence electrons. The minimum atomic E-state index is -5.12. The van der Waals surface area contributed by atoms with Crippen LogP contribution in [0.4, 0.5) is 0 Å². The predicted octanol–water partition coefficient (Wildman–Crippen LogP) is 0.266. The molecule has 9 heteroatoms. The molecule has 0 aliphatic rings. The Bertz CT molecular complexity index is 546. The van der Waals surface area contributed by atoms with E-state index in [1.165, 1.54) is 24.3 Å². The highest BCUT2D eigenvalue weighted by Gasteiger charge is 2.45. The molecule has 0 aliphatic carbocycles. The Morgan fingerprint density at radius 1 is 1.05 bits per heavy atom. The van der Waals surface area contributed by atoms with Gasteiger partial charge in [-0.2, -0.15) is 0 Å². The van der Waals surface area contributed by atoms with Gasteiger partial charge >= 0.3 is 19.5 Å². The Morgan fingerprint density at radius 3 is 1.90 bits per heavy atom. The number of aliphatic carboxylic acids is 2. The van der Waals surface area contributed by atoms with E-state index < -0.39 is 31.1 Å². The normalized spacial score (nSPS) is 14.5. The van der Waals surface area contributed by atoms with E-state index in [1.54, 1.807) is 0 Å². The van der Waals surface area contributed by atoms with Crippen LogP contribution in [0.3, 0.4) is 0 Å². The number of hydrogen-bond donors (Lipinski definition) is 5. The molecule has 0 aliphatic heterocycles. The van der Waals surface area contributed by atoms with E-state index in [1.807, 2.05) is 0 Å². The number of rotatable bonds is 6. The van der Waals surface area contributed by atoms with E-state index in [2.05, 4.69) is 0 Å². The Kier molecular flexibility index (Phi) is 4.88. The summed E-state index contributed by atoms with van der Waals surface area (Å²) >= 11 is 0. The lowest BCUT2D eigenvalue weighted by Gasteiger charge is -2.21. The fraction of sp³-hybridized carbons (Fsp3) is 0.273. The first-order valence-electron chi connectivity index (χ1n) is 5.41. The molecule has 0 spiro atoms. The van der Waals surface area contributed by atoms with Gasteiger partial charge < -0.3 is 25.1 Å². The van der Waals surface area contributed by atoms with Gasteiger partial charge in [0.2, 0.25) is 0 Å². The maximum absolute atomic E-state index is 11.2. The Hall–Kier alpha value is -1.89. The van der Waals surface area contributed by atoms with Crippen molar-refractivity contribution in [1.29, 1.82) is 0 Å². The number of carbonyl (C=O) groups is 2. The van der Waals surface area contributed by atoms with Crippen LogP contribution in [0, 0.1) is 5.92 Å². The summed E-state index contributed by atoms with van der Waals surface area (Å²) in [5.41, 5.74) is -1.98. The largest absolute Gasteiger partial charge is 0.508 e. The van der Waals surface area contributed by atoms with Gasteiger partial charge in [-0.1, -0.05) is 12.1 Å². The summed E-state index contributed by atoms with van der Waals surface area (Å²) in [5.74, 6) is -5.33. The van der Waals surface area contributed by atoms with Crippen molar-refractivity contribution >= 4 is 19.5 Å². The first kappa shape index (κ1) is 16.2. The number of carboxylic acids is 2. The van der Waals surface area contributed by atoms with Gasteiger partial charge in [-0.3, -0.25) is 14.2 Å². The third-order valence-electron chi connectivity index (χ3n) is 2.71. The lowest BCUT2D eigenvalue weighted by molar-refractivity contribution is -0.148. The molecule has 0 bridgehead atoms. The fourth-order valence-corrected chi connectivity index (χ4v) is 2.76. The zero-order valence-corrected chi connectivity index (χ0v) is 11.0. The van der Waals surface area contributed by atoms with Gasteiger partial charge in [0.25, 0.3) is 0 Å². The molecule has 5 N–H and O–H groups in total. The quantitative estimate of drug-likeness (QED) is 0.469. The first-order chi connectivity index (χ1) is 9.12. The SMILES string of the molecule is O=C(O)C(Cc1ccc(O)cc1)C(C(=O)O)P(=O)(O)O. The zero-order chi connectivity index (χ0) is 15.5. The van der Waals surface area contributed by atoms with Crippen LogP contribution < -0.4 is 0 Å². The van der Waals surface area contributed by atoms with Crippen LogP contribution >= 0.6 is 7.60 Å². The topological polar surface area (TPSA) is 152 Å². The summed E-state index contributed by atoms with van der Waals surface area (Å²) in [6.07, 6.45) is -0.377. The Balaban J connectivity index is 3.10. The van der Waals surface area contributed by atoms with Crippen LogP contribution in [-0.2, 0) is 20.6 Å². The lowest BCUT2D eigenvalue weighted by atomic mass is 9.96. The number of aromatic hydroxyl groups is 1. The highest BCUT2D eigenvalue weighted by atomic mass is 31.2. The molecule has 0 saturated carbocycles. The molecule has 2 unspecified atom stereocenters. The zero-order valence-electron chi connectivity index (χ0n) is 10.1. The van der Waals surface area contributed by atoms with Crippen LogP contribution in [0.15, 0.2) is 24.3 Å². The summed E-state index contributed by atoms with van der Waals surface area (Å²) in [7, 11) is -5.12. The molecule has 0 saturated heterocycles. The summed E-state index contributed by atoms with van der Waals surface area (Å²) in [5, 5.41) is 27.0. The molecular formula is C11H13O8P. The standard InChI is InChI=1S/C11H13O8P/c12-7-3-1-6(2-4-7)5-8(10(13)14)9(11(15)16)20(17,18)19/h1-4,8-9,12H,5H2,(H,13,14)(H,15,16)(H2,17,18,19). The highest BCUT2D eigenvalue weighted by Crippen LogP contribution is 2.46. The van der Waals surface area contributed by atoms with Crippen molar-refractivity contribution in [3.8, 4) is 5.75 Å². The maximum Gasteiger partial charge on any atom is 0.340 e. The molecule has 2 atom stereocenters. The molecule has 1 aromatic carbocycles. The van der Waals surface area contributed by atoms with Gasteiger partial charge in [0.15, 0.2) is 5.66 Å². The number of hydrogen-bond acceptors (Lipinski definition) is 4. The van der Waals surface area contributed by atoms with Gasteiger partial charge in [0.1, 0.15) is 5.75 Å². The third kappa shape index (κ3) is 4.06. The van der Waals surface area contributed by atoms with Crippen molar-refractivity contribution in [1.82, 2.24) is 0 Å². The highest BCUT2D eigenvalue weighted by molar-refractivity contribution is 7.53. The second-order valence-electron chi connectivity index (χ2n) is 4.19. The summed E-state index contributed by atoms with van der Waals surface area (Å²) in [6, 6.07) is 5.23. The van der Waals surface area contributed by atoms with Crippen LogP contribution in [-0.4, -0.2) is 42.7 Å². The average molecular weight is 304 g/mol. The van der Waals surface area contributed by atoms with E-state index in [9.17, 15) is 14.2 Å². The van der Waals surface area contributed by atoms with E-state index >= 15 is 0 Å². The third-order valence-corrected chi connectivity index (χ3v) is 4.01. The smallest absolute Gasteiger partial charge is 0.340 e. The van der Waals surface area contributed by atoms with E-state index in [-0.39, 0.29) is 12.2 Å². The maximum atomic E-state index is 11.2. The summed E-state index contributed by atoms with van der Waals surface area (Å²) in [6.45, 7) is 0. The van der Waals surface area contributed by atoms with Crippen molar-refractivity contribution in [3.63, 3.8) is 0 Å². The molecule has 0 amide bonds. The predicted molar refractivity (Wildman–Crippen MR) is 66.4 cm³/mol. The van der Waals surface area contributed by atoms with E-state index in [0.29, 0.717) is 5.56 Å². The van der Waals surface area contributed by atoms with Crippen molar-refractivity contribution in [3.05, 3.63) is 29.8 Å². The van der Waals surface area contributed by atoms with Crippen molar-refractivity contribution in [2.75, 3.05) is 0 Å². The second-order valence-corrected chi connectivity index (χ2v) is 5.92. The second kappa shape index (κ2) is 6.04. The summed E-state index contributed by atoms with van der Waals surface area (Å²) in [4.78, 5) is 40.1. The molecule has 0 heterocycles. The summed E-state index contributed by atoms with van der Waals surface area (Å²) < 4.78 is 11.2. The number of benzene rings is 1. The van der Waals surface area contributed by atoms with Gasteiger partial charge in [-0.25, -0.2) is 0 Å². The van der Waals surface area contributed by atoms with Gasteiger partial charge in [-0.05, 0) is 24.1 Å². The Labute approximate surface area is 113 Å². The molecule has 0 aromatic heterocycles. The monoisotopic (exact) mass is 304 g/mol. The molecule has 1 rings (SSSR count). The molecule has 0 radical (unpaired) electrons. The van der Waals surface area contributed by atoms with Crippen LogP contribution in [0.25, 0.3) is 0 Å². The molecule has 1 aromatic rings. The number of carboxylic acid groups (broad SMARTS) is 2. The van der Waals surface area contributed by atoms with Crippen LogP contribution in [0.5, 0.6) is 5.75 Å². The number of phenolic OH excluding ortho intramolecular Hbond substituents is 1. The first-order valence-corrected chi connectivity index (χ1v) is 7.10. The van der Waals surface area contributed by atoms with Crippen molar-refractivity contribution < 1.29 is 39.3 Å².